The van der Waals surface area contributed by atoms with Crippen LogP contribution in [0.25, 0.3) is 0 Å². The number of ether oxygens (including phenoxy) is 1. The number of carbonyl (C=O) groups excluding carboxylic acids is 1. The van der Waals surface area contributed by atoms with Crippen LogP contribution >= 0.6 is 0 Å². The van der Waals surface area contributed by atoms with Crippen molar-refractivity contribution in [1.82, 2.24) is 0 Å². The van der Waals surface area contributed by atoms with Crippen LogP contribution in [-0.2, 0) is 4.74 Å². The molecule has 1 aromatic rings. The molecular weight excluding hydrogens is 234 g/mol. The second-order valence-electron chi connectivity index (χ2n) is 4.46. The first-order valence-corrected chi connectivity index (χ1v) is 5.86. The van der Waals surface area contributed by atoms with Gasteiger partial charge in [0.1, 0.15) is 6.61 Å². The van der Waals surface area contributed by atoms with Gasteiger partial charge in [0.05, 0.1) is 4.92 Å². The molecule has 0 fully saturated rings. The van der Waals surface area contributed by atoms with Crippen molar-refractivity contribution in [3.8, 4) is 0 Å². The van der Waals surface area contributed by atoms with Crippen molar-refractivity contribution in [2.75, 3.05) is 13.2 Å². The van der Waals surface area contributed by atoms with Gasteiger partial charge in [-0.3, -0.25) is 14.9 Å². The van der Waals surface area contributed by atoms with Gasteiger partial charge in [-0.25, -0.2) is 0 Å². The van der Waals surface area contributed by atoms with Crippen molar-refractivity contribution >= 4 is 11.5 Å². The molecule has 5 heteroatoms. The Labute approximate surface area is 106 Å². The normalized spacial score (nSPS) is 10.6. The van der Waals surface area contributed by atoms with Crippen molar-refractivity contribution in [3.63, 3.8) is 0 Å². The van der Waals surface area contributed by atoms with Gasteiger partial charge in [0.15, 0.2) is 5.78 Å². The van der Waals surface area contributed by atoms with E-state index in [2.05, 4.69) is 13.8 Å². The Bertz CT molecular complexity index is 412. The lowest BCUT2D eigenvalue weighted by atomic mass is 10.1. The highest BCUT2D eigenvalue weighted by Gasteiger charge is 2.09. The Kier molecular flexibility index (Phi) is 5.45. The first kappa shape index (κ1) is 14.3. The van der Waals surface area contributed by atoms with Gasteiger partial charge in [-0.2, -0.15) is 0 Å². The van der Waals surface area contributed by atoms with Crippen molar-refractivity contribution < 1.29 is 14.5 Å². The molecule has 98 valence electrons. The SMILES string of the molecule is CC(C)CCOCC(=O)c1ccc([N+](=O)[O-])cc1. The number of hydrogen-bond acceptors (Lipinski definition) is 4. The van der Waals surface area contributed by atoms with Crippen LogP contribution in [0, 0.1) is 16.0 Å². The van der Waals surface area contributed by atoms with E-state index in [0.29, 0.717) is 18.1 Å². The van der Waals surface area contributed by atoms with Gasteiger partial charge in [0.25, 0.3) is 5.69 Å². The standard InChI is InChI=1S/C13H17NO4/c1-10(2)7-8-18-9-13(15)11-3-5-12(6-4-11)14(16)17/h3-6,10H,7-9H2,1-2H3. The lowest BCUT2D eigenvalue weighted by Gasteiger charge is -2.05. The number of Topliss-reactive ketones (excluding diaryl/α,β-unsaturated/α-hetero) is 1. The summed E-state index contributed by atoms with van der Waals surface area (Å²) in [4.78, 5) is 21.6. The molecule has 0 radical (unpaired) electrons. The molecule has 0 saturated carbocycles. The molecule has 1 aromatic carbocycles. The highest BCUT2D eigenvalue weighted by Crippen LogP contribution is 2.12. The summed E-state index contributed by atoms with van der Waals surface area (Å²) in [5.74, 6) is 0.383. The van der Waals surface area contributed by atoms with E-state index in [1.165, 1.54) is 24.3 Å². The Morgan fingerprint density at radius 1 is 1.33 bits per heavy atom. The van der Waals surface area contributed by atoms with Gasteiger partial charge in [-0.05, 0) is 24.5 Å². The van der Waals surface area contributed by atoms with Gasteiger partial charge < -0.3 is 4.74 Å². The van der Waals surface area contributed by atoms with E-state index in [4.69, 9.17) is 4.74 Å². The molecule has 0 aliphatic carbocycles. The number of non-ortho nitro benzene ring substituents is 1. The third-order valence-electron chi connectivity index (χ3n) is 2.47. The minimum Gasteiger partial charge on any atom is -0.373 e. The summed E-state index contributed by atoms with van der Waals surface area (Å²) in [7, 11) is 0. The van der Waals surface area contributed by atoms with Crippen LogP contribution in [0.2, 0.25) is 0 Å². The summed E-state index contributed by atoms with van der Waals surface area (Å²) >= 11 is 0. The Hall–Kier alpha value is -1.75. The average Bonchev–Trinajstić information content (AvgIpc) is 2.34. The molecule has 0 aromatic heterocycles. The van der Waals surface area contributed by atoms with Crippen LogP contribution in [0.1, 0.15) is 30.6 Å². The number of nitro benzene ring substituents is 1. The molecule has 0 N–H and O–H groups in total. The van der Waals surface area contributed by atoms with E-state index in [-0.39, 0.29) is 18.1 Å². The van der Waals surface area contributed by atoms with E-state index in [0.717, 1.165) is 6.42 Å². The van der Waals surface area contributed by atoms with Gasteiger partial charge in [-0.1, -0.05) is 13.8 Å². The topological polar surface area (TPSA) is 69.4 Å². The molecule has 0 atom stereocenters. The van der Waals surface area contributed by atoms with E-state index >= 15 is 0 Å². The molecule has 0 bridgehead atoms. The van der Waals surface area contributed by atoms with Crippen molar-refractivity contribution in [2.45, 2.75) is 20.3 Å². The first-order valence-electron chi connectivity index (χ1n) is 5.86. The third-order valence-corrected chi connectivity index (χ3v) is 2.47. The fraction of sp³-hybridized carbons (Fsp3) is 0.462. The van der Waals surface area contributed by atoms with Crippen LogP contribution in [0.5, 0.6) is 0 Å². The van der Waals surface area contributed by atoms with Crippen LogP contribution in [0.3, 0.4) is 0 Å². The summed E-state index contributed by atoms with van der Waals surface area (Å²) in [5.41, 5.74) is 0.414. The van der Waals surface area contributed by atoms with E-state index in [1.54, 1.807) is 0 Å². The van der Waals surface area contributed by atoms with Crippen LogP contribution in [-0.4, -0.2) is 23.9 Å². The summed E-state index contributed by atoms with van der Waals surface area (Å²) in [5, 5.41) is 10.5. The van der Waals surface area contributed by atoms with Crippen LogP contribution < -0.4 is 0 Å². The number of benzene rings is 1. The highest BCUT2D eigenvalue weighted by molar-refractivity contribution is 5.97. The molecule has 0 unspecified atom stereocenters. The maximum Gasteiger partial charge on any atom is 0.269 e. The maximum absolute atomic E-state index is 11.7. The maximum atomic E-state index is 11.7. The Morgan fingerprint density at radius 3 is 2.44 bits per heavy atom. The van der Waals surface area contributed by atoms with Gasteiger partial charge in [0.2, 0.25) is 0 Å². The van der Waals surface area contributed by atoms with Gasteiger partial charge in [0, 0.05) is 24.3 Å². The summed E-state index contributed by atoms with van der Waals surface area (Å²) < 4.78 is 5.25. The van der Waals surface area contributed by atoms with Gasteiger partial charge in [-0.15, -0.1) is 0 Å². The number of rotatable bonds is 7. The molecule has 0 aliphatic heterocycles. The summed E-state index contributed by atoms with van der Waals surface area (Å²) in [6.45, 7) is 4.74. The molecular formula is C13H17NO4. The molecule has 0 heterocycles. The fourth-order valence-electron chi connectivity index (χ4n) is 1.34. The molecule has 18 heavy (non-hydrogen) atoms. The minimum atomic E-state index is -0.493. The lowest BCUT2D eigenvalue weighted by Crippen LogP contribution is -2.10. The van der Waals surface area contributed by atoms with Crippen LogP contribution in [0.4, 0.5) is 5.69 Å². The zero-order valence-electron chi connectivity index (χ0n) is 10.6. The minimum absolute atomic E-state index is 0.0184. The molecule has 5 nitrogen and oxygen atoms in total. The smallest absolute Gasteiger partial charge is 0.269 e. The predicted molar refractivity (Wildman–Crippen MR) is 67.7 cm³/mol. The van der Waals surface area contributed by atoms with Crippen molar-refractivity contribution in [3.05, 3.63) is 39.9 Å². The second-order valence-corrected chi connectivity index (χ2v) is 4.46. The van der Waals surface area contributed by atoms with E-state index < -0.39 is 4.92 Å². The van der Waals surface area contributed by atoms with Crippen molar-refractivity contribution in [2.24, 2.45) is 5.92 Å². The average molecular weight is 251 g/mol. The van der Waals surface area contributed by atoms with Crippen molar-refractivity contribution in [1.29, 1.82) is 0 Å². The quantitative estimate of drug-likeness (QED) is 0.323. The largest absolute Gasteiger partial charge is 0.373 e. The number of nitro groups is 1. The van der Waals surface area contributed by atoms with Gasteiger partial charge >= 0.3 is 0 Å². The zero-order valence-corrected chi connectivity index (χ0v) is 10.6. The zero-order chi connectivity index (χ0) is 13.5. The summed E-state index contributed by atoms with van der Waals surface area (Å²) in [6.07, 6.45) is 0.910. The predicted octanol–water partition coefficient (Wildman–Crippen LogP) is 2.84. The summed E-state index contributed by atoms with van der Waals surface area (Å²) in [6, 6.07) is 5.54. The van der Waals surface area contributed by atoms with E-state index in [1.807, 2.05) is 0 Å². The molecule has 0 amide bonds. The Morgan fingerprint density at radius 2 is 1.94 bits per heavy atom. The van der Waals surface area contributed by atoms with E-state index in [9.17, 15) is 14.9 Å². The molecule has 0 saturated heterocycles. The molecule has 0 aliphatic rings. The molecule has 0 spiro atoms. The van der Waals surface area contributed by atoms with Crippen LogP contribution in [0.15, 0.2) is 24.3 Å². The number of nitrogens with zero attached hydrogens (tertiary/aromatic N) is 1. The fourth-order valence-corrected chi connectivity index (χ4v) is 1.34. The number of hydrogen-bond donors (Lipinski definition) is 0. The number of ketones is 1. The lowest BCUT2D eigenvalue weighted by molar-refractivity contribution is -0.384. The molecule has 1 rings (SSSR count). The monoisotopic (exact) mass is 251 g/mol. The number of carbonyl (C=O) groups is 1. The first-order chi connectivity index (χ1) is 8.50. The Balaban J connectivity index is 2.44. The second kappa shape index (κ2) is 6.86. The highest BCUT2D eigenvalue weighted by atomic mass is 16.6. The third kappa shape index (κ3) is 4.63.